The van der Waals surface area contributed by atoms with Crippen LogP contribution >= 0.6 is 22.9 Å². The molecule has 0 aliphatic rings. The molecule has 29 heavy (non-hydrogen) atoms. The molecule has 0 saturated carbocycles. The van der Waals surface area contributed by atoms with E-state index in [2.05, 4.69) is 20.9 Å². The molecule has 4 N–H and O–H groups in total. The maximum absolute atomic E-state index is 12.1. The number of benzene rings is 2. The van der Waals surface area contributed by atoms with Gasteiger partial charge in [0.2, 0.25) is 0 Å². The van der Waals surface area contributed by atoms with Crippen molar-refractivity contribution in [2.24, 2.45) is 4.99 Å². The van der Waals surface area contributed by atoms with Gasteiger partial charge in [0.25, 0.3) is 5.91 Å². The summed E-state index contributed by atoms with van der Waals surface area (Å²) in [6.07, 6.45) is -0.629. The van der Waals surface area contributed by atoms with Crippen LogP contribution in [0.1, 0.15) is 21.3 Å². The number of rotatable bonds is 7. The van der Waals surface area contributed by atoms with Crippen LogP contribution in [0.15, 0.2) is 59.6 Å². The van der Waals surface area contributed by atoms with Crippen molar-refractivity contribution in [3.8, 4) is 0 Å². The zero-order valence-corrected chi connectivity index (χ0v) is 17.6. The second-order valence-electron chi connectivity index (χ2n) is 6.35. The van der Waals surface area contributed by atoms with Gasteiger partial charge in [0.1, 0.15) is 6.10 Å². The molecule has 0 fully saturated rings. The van der Waals surface area contributed by atoms with Crippen LogP contribution in [0, 0.1) is 0 Å². The van der Waals surface area contributed by atoms with E-state index in [9.17, 15) is 9.90 Å². The van der Waals surface area contributed by atoms with Crippen molar-refractivity contribution in [3.05, 3.63) is 70.1 Å². The summed E-state index contributed by atoms with van der Waals surface area (Å²) >= 11 is 7.41. The lowest BCUT2D eigenvalue weighted by atomic mass is 10.2. The summed E-state index contributed by atoms with van der Waals surface area (Å²) in [6, 6.07) is 16.8. The van der Waals surface area contributed by atoms with E-state index in [-0.39, 0.29) is 5.91 Å². The fourth-order valence-corrected chi connectivity index (χ4v) is 3.92. The quantitative estimate of drug-likeness (QED) is 0.263. The first kappa shape index (κ1) is 21.1. The molecule has 6 nitrogen and oxygen atoms in total. The Morgan fingerprint density at radius 3 is 2.55 bits per heavy atom. The van der Waals surface area contributed by atoms with E-state index in [1.54, 1.807) is 42.6 Å². The molecule has 1 heterocycles. The highest BCUT2D eigenvalue weighted by molar-refractivity contribution is 7.19. The molecule has 0 aliphatic heterocycles. The lowest BCUT2D eigenvalue weighted by Gasteiger charge is -2.15. The average molecular weight is 431 g/mol. The van der Waals surface area contributed by atoms with Crippen LogP contribution < -0.4 is 16.0 Å². The number of amides is 1. The molecular weight excluding hydrogens is 408 g/mol. The Kier molecular flexibility index (Phi) is 7.46. The number of nitrogens with one attached hydrogen (secondary N) is 3. The molecule has 1 aromatic heterocycles. The Labute approximate surface area is 178 Å². The standard InChI is InChI=1S/C21H23ClN4O2S/c1-23-21(25-11-10-24-20(28)14-6-8-16(22)9-7-14)26-13-17(27)19-12-15-4-2-3-5-18(15)29-19/h2-9,12,17,27H,10-11,13H2,1H3,(H,24,28)(H2,23,25,26). The third-order valence-electron chi connectivity index (χ3n) is 4.27. The summed E-state index contributed by atoms with van der Waals surface area (Å²) in [7, 11) is 1.66. The molecule has 1 unspecified atom stereocenters. The molecule has 1 atom stereocenters. The number of aliphatic hydroxyl groups is 1. The molecule has 0 aliphatic carbocycles. The van der Waals surface area contributed by atoms with Crippen molar-refractivity contribution < 1.29 is 9.90 Å². The molecule has 0 saturated heterocycles. The first-order valence-corrected chi connectivity index (χ1v) is 10.4. The predicted molar refractivity (Wildman–Crippen MR) is 120 cm³/mol. The number of aliphatic imine (C=N–C) groups is 1. The molecule has 8 heteroatoms. The van der Waals surface area contributed by atoms with Crippen molar-refractivity contribution in [2.45, 2.75) is 6.10 Å². The zero-order chi connectivity index (χ0) is 20.6. The largest absolute Gasteiger partial charge is 0.386 e. The van der Waals surface area contributed by atoms with Gasteiger partial charge in [-0.05, 0) is 41.8 Å². The highest BCUT2D eigenvalue weighted by atomic mass is 35.5. The van der Waals surface area contributed by atoms with Crippen LogP contribution in [0.5, 0.6) is 0 Å². The number of guanidine groups is 1. The fourth-order valence-electron chi connectivity index (χ4n) is 2.74. The number of carbonyl (C=O) groups excluding carboxylic acids is 1. The van der Waals surface area contributed by atoms with E-state index < -0.39 is 6.10 Å². The SMILES string of the molecule is CN=C(NCCNC(=O)c1ccc(Cl)cc1)NCC(O)c1cc2ccccc2s1. The van der Waals surface area contributed by atoms with Crippen molar-refractivity contribution in [1.82, 2.24) is 16.0 Å². The molecule has 2 aromatic carbocycles. The Morgan fingerprint density at radius 1 is 1.10 bits per heavy atom. The van der Waals surface area contributed by atoms with Crippen LogP contribution in [0.3, 0.4) is 0 Å². The van der Waals surface area contributed by atoms with Crippen molar-refractivity contribution in [1.29, 1.82) is 0 Å². The van der Waals surface area contributed by atoms with Gasteiger partial charge in [-0.25, -0.2) is 0 Å². The molecule has 1 amide bonds. The third kappa shape index (κ3) is 5.93. The number of thiophene rings is 1. The average Bonchev–Trinajstić information content (AvgIpc) is 3.18. The molecule has 3 rings (SSSR count). The second kappa shape index (κ2) is 10.2. The van der Waals surface area contributed by atoms with Crippen molar-refractivity contribution >= 4 is 44.9 Å². The monoisotopic (exact) mass is 430 g/mol. The normalized spacial score (nSPS) is 12.6. The summed E-state index contributed by atoms with van der Waals surface area (Å²) in [5, 5.41) is 21.2. The number of hydrogen-bond acceptors (Lipinski definition) is 4. The van der Waals surface area contributed by atoms with E-state index >= 15 is 0 Å². The van der Waals surface area contributed by atoms with Gasteiger partial charge >= 0.3 is 0 Å². The molecular formula is C21H23ClN4O2S. The van der Waals surface area contributed by atoms with Gasteiger partial charge in [0.05, 0.1) is 0 Å². The second-order valence-corrected chi connectivity index (χ2v) is 7.90. The van der Waals surface area contributed by atoms with E-state index in [4.69, 9.17) is 11.6 Å². The highest BCUT2D eigenvalue weighted by Crippen LogP contribution is 2.29. The van der Waals surface area contributed by atoms with Gasteiger partial charge in [-0.15, -0.1) is 11.3 Å². The van der Waals surface area contributed by atoms with E-state index in [0.717, 1.165) is 15.0 Å². The summed E-state index contributed by atoms with van der Waals surface area (Å²) in [5.41, 5.74) is 0.559. The zero-order valence-electron chi connectivity index (χ0n) is 16.0. The van der Waals surface area contributed by atoms with Crippen LogP contribution in [0.25, 0.3) is 10.1 Å². The predicted octanol–water partition coefficient (Wildman–Crippen LogP) is 3.18. The van der Waals surface area contributed by atoms with E-state index in [1.165, 1.54) is 0 Å². The third-order valence-corrected chi connectivity index (χ3v) is 5.74. The molecule has 0 radical (unpaired) electrons. The maximum atomic E-state index is 12.1. The van der Waals surface area contributed by atoms with Gasteiger partial charge in [-0.2, -0.15) is 0 Å². The molecule has 0 spiro atoms. The van der Waals surface area contributed by atoms with Gasteiger partial charge in [-0.3, -0.25) is 9.79 Å². The number of halogens is 1. The van der Waals surface area contributed by atoms with Crippen LogP contribution in [0.4, 0.5) is 0 Å². The molecule has 0 bridgehead atoms. The Hall–Kier alpha value is -2.61. The van der Waals surface area contributed by atoms with E-state index in [1.807, 2.05) is 30.3 Å². The Morgan fingerprint density at radius 2 is 1.83 bits per heavy atom. The Balaban J connectivity index is 1.41. The first-order valence-electron chi connectivity index (χ1n) is 9.21. The minimum Gasteiger partial charge on any atom is -0.386 e. The summed E-state index contributed by atoms with van der Waals surface area (Å²) in [4.78, 5) is 17.1. The molecule has 3 aromatic rings. The van der Waals surface area contributed by atoms with Gasteiger partial charge < -0.3 is 21.1 Å². The van der Waals surface area contributed by atoms with Crippen molar-refractivity contribution in [2.75, 3.05) is 26.7 Å². The number of hydrogen-bond donors (Lipinski definition) is 4. The minimum absolute atomic E-state index is 0.161. The fraction of sp³-hybridized carbons (Fsp3) is 0.238. The van der Waals surface area contributed by atoms with Crippen molar-refractivity contribution in [3.63, 3.8) is 0 Å². The van der Waals surface area contributed by atoms with E-state index in [0.29, 0.717) is 36.2 Å². The van der Waals surface area contributed by atoms with Gasteiger partial charge in [-0.1, -0.05) is 29.8 Å². The first-order chi connectivity index (χ1) is 14.1. The number of aliphatic hydroxyl groups excluding tert-OH is 1. The van der Waals surface area contributed by atoms with Crippen LogP contribution in [-0.2, 0) is 0 Å². The highest BCUT2D eigenvalue weighted by Gasteiger charge is 2.12. The van der Waals surface area contributed by atoms with Crippen LogP contribution in [0.2, 0.25) is 5.02 Å². The number of carbonyl (C=O) groups is 1. The van der Waals surface area contributed by atoms with Gasteiger partial charge in [0, 0.05) is 46.8 Å². The maximum Gasteiger partial charge on any atom is 0.251 e. The number of fused-ring (bicyclic) bond motifs is 1. The Bertz CT molecular complexity index is 955. The summed E-state index contributed by atoms with van der Waals surface area (Å²) in [6.45, 7) is 1.27. The molecule has 152 valence electrons. The summed E-state index contributed by atoms with van der Waals surface area (Å²) in [5.74, 6) is 0.400. The lowest BCUT2D eigenvalue weighted by Crippen LogP contribution is -2.42. The lowest BCUT2D eigenvalue weighted by molar-refractivity contribution is 0.0954. The topological polar surface area (TPSA) is 85.8 Å². The summed E-state index contributed by atoms with van der Waals surface area (Å²) < 4.78 is 1.15. The number of nitrogens with zero attached hydrogens (tertiary/aromatic N) is 1. The minimum atomic E-state index is -0.629. The van der Waals surface area contributed by atoms with Gasteiger partial charge in [0.15, 0.2) is 5.96 Å². The smallest absolute Gasteiger partial charge is 0.251 e. The van der Waals surface area contributed by atoms with Crippen LogP contribution in [-0.4, -0.2) is 43.7 Å².